The van der Waals surface area contributed by atoms with Crippen LogP contribution in [-0.4, -0.2) is 5.11 Å². The lowest BCUT2D eigenvalue weighted by Crippen LogP contribution is -1.83. The van der Waals surface area contributed by atoms with Gasteiger partial charge >= 0.3 is 0 Å². The quantitative estimate of drug-likeness (QED) is 0.341. The Morgan fingerprint density at radius 2 is 1.45 bits per heavy atom. The van der Waals surface area contributed by atoms with Gasteiger partial charge in [-0.1, -0.05) is 55.7 Å². The molecule has 0 saturated carbocycles. The predicted molar refractivity (Wildman–Crippen MR) is 97.3 cm³/mol. The van der Waals surface area contributed by atoms with E-state index >= 15 is 0 Å². The lowest BCUT2D eigenvalue weighted by molar-refractivity contribution is 0.474. The van der Waals surface area contributed by atoms with Gasteiger partial charge in [0.2, 0.25) is 0 Å². The summed E-state index contributed by atoms with van der Waals surface area (Å²) in [5, 5.41) is 9.40. The summed E-state index contributed by atoms with van der Waals surface area (Å²) in [7, 11) is 0. The van der Waals surface area contributed by atoms with Crippen molar-refractivity contribution in [3.8, 4) is 5.75 Å². The molecule has 0 amide bonds. The maximum absolute atomic E-state index is 9.40. The van der Waals surface area contributed by atoms with Crippen molar-refractivity contribution < 1.29 is 5.11 Å². The van der Waals surface area contributed by atoms with Crippen LogP contribution in [0.15, 0.2) is 48.6 Å². The summed E-state index contributed by atoms with van der Waals surface area (Å²) >= 11 is 0. The van der Waals surface area contributed by atoms with E-state index in [-0.39, 0.29) is 0 Å². The number of phenols is 1. The molecule has 0 aromatic heterocycles. The van der Waals surface area contributed by atoms with E-state index in [2.05, 4.69) is 37.3 Å². The molecule has 0 atom stereocenters. The van der Waals surface area contributed by atoms with Crippen LogP contribution in [-0.2, 0) is 6.42 Å². The first-order valence-electron chi connectivity index (χ1n) is 8.87. The zero-order valence-corrected chi connectivity index (χ0v) is 14.1. The summed E-state index contributed by atoms with van der Waals surface area (Å²) in [4.78, 5) is 0. The minimum absolute atomic E-state index is 0.374. The highest BCUT2D eigenvalue weighted by atomic mass is 16.3. The Hall–Kier alpha value is -1.50. The fourth-order valence-corrected chi connectivity index (χ4v) is 2.59. The number of rotatable bonds is 12. The number of unbranched alkanes of at least 4 members (excludes halogenated alkanes) is 7. The molecule has 122 valence electrons. The van der Waals surface area contributed by atoms with E-state index in [0.717, 1.165) is 19.3 Å². The number of aromatic hydroxyl groups is 1. The van der Waals surface area contributed by atoms with Crippen molar-refractivity contribution in [2.24, 2.45) is 0 Å². The summed E-state index contributed by atoms with van der Waals surface area (Å²) in [6.07, 6.45) is 21.7. The van der Waals surface area contributed by atoms with Crippen LogP contribution in [0.4, 0.5) is 0 Å². The molecule has 22 heavy (non-hydrogen) atoms. The molecule has 0 spiro atoms. The second kappa shape index (κ2) is 13.2. The van der Waals surface area contributed by atoms with Crippen molar-refractivity contribution in [3.05, 3.63) is 54.1 Å². The molecule has 0 aliphatic heterocycles. The molecule has 0 aliphatic rings. The maximum atomic E-state index is 9.40. The van der Waals surface area contributed by atoms with Gasteiger partial charge in [0.05, 0.1) is 0 Å². The molecule has 0 aliphatic carbocycles. The highest BCUT2D eigenvalue weighted by Crippen LogP contribution is 2.13. The normalized spacial score (nSPS) is 11.7. The summed E-state index contributed by atoms with van der Waals surface area (Å²) in [6.45, 7) is 2.09. The minimum atomic E-state index is 0.374. The zero-order valence-electron chi connectivity index (χ0n) is 14.1. The number of hydrogen-bond acceptors (Lipinski definition) is 1. The van der Waals surface area contributed by atoms with Gasteiger partial charge in [-0.2, -0.15) is 0 Å². The van der Waals surface area contributed by atoms with Crippen LogP contribution in [0, 0.1) is 0 Å². The Morgan fingerprint density at radius 3 is 2.14 bits per heavy atom. The third kappa shape index (κ3) is 10.3. The molecule has 0 unspecified atom stereocenters. The number of hydrogen-bond donors (Lipinski definition) is 1. The summed E-state index contributed by atoms with van der Waals surface area (Å²) < 4.78 is 0. The van der Waals surface area contributed by atoms with Crippen molar-refractivity contribution >= 4 is 0 Å². The van der Waals surface area contributed by atoms with Gasteiger partial charge in [0.15, 0.2) is 0 Å². The van der Waals surface area contributed by atoms with Crippen LogP contribution in [0.2, 0.25) is 0 Å². The first-order valence-corrected chi connectivity index (χ1v) is 8.87. The van der Waals surface area contributed by atoms with Gasteiger partial charge in [-0.15, -0.1) is 0 Å². The Bertz CT molecular complexity index is 431. The molecule has 1 aromatic rings. The van der Waals surface area contributed by atoms with E-state index in [9.17, 15) is 5.11 Å². The first-order chi connectivity index (χ1) is 10.8. The highest BCUT2D eigenvalue weighted by molar-refractivity contribution is 5.27. The van der Waals surface area contributed by atoms with Gasteiger partial charge in [0.25, 0.3) is 0 Å². The molecule has 0 saturated heterocycles. The smallest absolute Gasteiger partial charge is 0.115 e. The predicted octanol–water partition coefficient (Wildman–Crippen LogP) is 6.58. The van der Waals surface area contributed by atoms with E-state index in [1.54, 1.807) is 6.07 Å². The van der Waals surface area contributed by atoms with E-state index in [1.165, 1.54) is 50.5 Å². The van der Waals surface area contributed by atoms with Crippen molar-refractivity contribution in [2.75, 3.05) is 0 Å². The van der Waals surface area contributed by atoms with Crippen LogP contribution in [0.5, 0.6) is 5.75 Å². The number of benzene rings is 1. The Morgan fingerprint density at radius 1 is 0.818 bits per heavy atom. The van der Waals surface area contributed by atoms with Crippen LogP contribution in [0.3, 0.4) is 0 Å². The molecule has 1 rings (SSSR count). The van der Waals surface area contributed by atoms with Crippen LogP contribution >= 0.6 is 0 Å². The standard InChI is InChI=1S/C21H32O/c1-2-3-4-5-6-7-8-9-10-11-12-13-14-16-20-17-15-18-21(22)19-20/h2-3,11-12,15,17-19,22H,4-10,13-14,16H2,1H3/b3-2+,12-11+. The lowest BCUT2D eigenvalue weighted by atomic mass is 10.1. The molecule has 0 fully saturated rings. The molecule has 1 aromatic carbocycles. The number of aryl methyl sites for hydroxylation is 1. The SMILES string of the molecule is C/C=C/CCCCCCC/C=C/CCCc1cccc(O)c1. The zero-order chi connectivity index (χ0) is 15.9. The van der Waals surface area contributed by atoms with E-state index in [0.29, 0.717) is 5.75 Å². The van der Waals surface area contributed by atoms with Gasteiger partial charge < -0.3 is 5.11 Å². The average Bonchev–Trinajstić information content (AvgIpc) is 2.52. The molecule has 0 radical (unpaired) electrons. The number of allylic oxidation sites excluding steroid dienone is 4. The largest absolute Gasteiger partial charge is 0.508 e. The molecule has 1 heteroatoms. The molecular weight excluding hydrogens is 268 g/mol. The topological polar surface area (TPSA) is 20.2 Å². The second-order valence-corrected chi connectivity index (χ2v) is 5.95. The minimum Gasteiger partial charge on any atom is -0.508 e. The van der Waals surface area contributed by atoms with Gasteiger partial charge in [0.1, 0.15) is 5.75 Å². The fourth-order valence-electron chi connectivity index (χ4n) is 2.59. The van der Waals surface area contributed by atoms with Crippen molar-refractivity contribution in [2.45, 2.75) is 71.1 Å². The average molecular weight is 300 g/mol. The van der Waals surface area contributed by atoms with Gasteiger partial charge in [0, 0.05) is 0 Å². The fraction of sp³-hybridized carbons (Fsp3) is 0.524. The maximum Gasteiger partial charge on any atom is 0.115 e. The third-order valence-electron chi connectivity index (χ3n) is 3.89. The second-order valence-electron chi connectivity index (χ2n) is 5.95. The van der Waals surface area contributed by atoms with Crippen molar-refractivity contribution in [3.63, 3.8) is 0 Å². The molecular formula is C21H32O. The highest BCUT2D eigenvalue weighted by Gasteiger charge is 1.93. The Balaban J connectivity index is 1.90. The molecule has 0 bridgehead atoms. The monoisotopic (exact) mass is 300 g/mol. The lowest BCUT2D eigenvalue weighted by Gasteiger charge is -2.00. The van der Waals surface area contributed by atoms with Crippen molar-refractivity contribution in [1.29, 1.82) is 0 Å². The number of phenolic OH excluding ortho intramolecular Hbond substituents is 1. The van der Waals surface area contributed by atoms with Crippen molar-refractivity contribution in [1.82, 2.24) is 0 Å². The molecule has 1 nitrogen and oxygen atoms in total. The van der Waals surface area contributed by atoms with Gasteiger partial charge in [-0.3, -0.25) is 0 Å². The van der Waals surface area contributed by atoms with Gasteiger partial charge in [-0.25, -0.2) is 0 Å². The van der Waals surface area contributed by atoms with E-state index in [1.807, 2.05) is 12.1 Å². The van der Waals surface area contributed by atoms with E-state index < -0.39 is 0 Å². The summed E-state index contributed by atoms with van der Waals surface area (Å²) in [6, 6.07) is 7.59. The molecule has 0 heterocycles. The Labute approximate surface area is 136 Å². The van der Waals surface area contributed by atoms with E-state index in [4.69, 9.17) is 0 Å². The van der Waals surface area contributed by atoms with Crippen LogP contribution in [0.25, 0.3) is 0 Å². The third-order valence-corrected chi connectivity index (χ3v) is 3.89. The molecule has 1 N–H and O–H groups in total. The van der Waals surface area contributed by atoms with Crippen LogP contribution < -0.4 is 0 Å². The van der Waals surface area contributed by atoms with Crippen LogP contribution in [0.1, 0.15) is 70.3 Å². The summed E-state index contributed by atoms with van der Waals surface area (Å²) in [5.74, 6) is 0.374. The first kappa shape index (κ1) is 18.5. The van der Waals surface area contributed by atoms with Gasteiger partial charge in [-0.05, 0) is 69.6 Å². The Kier molecular flexibility index (Phi) is 11.1. The summed E-state index contributed by atoms with van der Waals surface area (Å²) in [5.41, 5.74) is 1.23.